The molecule has 0 heterocycles. The van der Waals surface area contributed by atoms with Crippen molar-refractivity contribution in [2.24, 2.45) is 5.73 Å². The van der Waals surface area contributed by atoms with Crippen LogP contribution in [0.4, 0.5) is 0 Å². The van der Waals surface area contributed by atoms with Gasteiger partial charge in [-0.15, -0.1) is 0 Å². The molecule has 0 aliphatic heterocycles. The van der Waals surface area contributed by atoms with Crippen LogP contribution in [0.3, 0.4) is 0 Å². The molecular formula is C14H11BrClNOS. The first kappa shape index (κ1) is 14.3. The van der Waals surface area contributed by atoms with E-state index in [9.17, 15) is 0 Å². The van der Waals surface area contributed by atoms with Crippen molar-refractivity contribution < 1.29 is 4.74 Å². The molecule has 0 amide bonds. The largest absolute Gasteiger partial charge is 0.456 e. The molecule has 0 aliphatic rings. The number of rotatable bonds is 3. The summed E-state index contributed by atoms with van der Waals surface area (Å²) in [5, 5.41) is 0.652. The van der Waals surface area contributed by atoms with Crippen LogP contribution < -0.4 is 10.5 Å². The monoisotopic (exact) mass is 355 g/mol. The van der Waals surface area contributed by atoms with Gasteiger partial charge in [-0.2, -0.15) is 0 Å². The summed E-state index contributed by atoms with van der Waals surface area (Å²) in [6.45, 7) is 1.94. The van der Waals surface area contributed by atoms with Crippen LogP contribution in [0.25, 0.3) is 0 Å². The zero-order chi connectivity index (χ0) is 14.0. The molecule has 2 aromatic carbocycles. The van der Waals surface area contributed by atoms with Gasteiger partial charge in [-0.05, 0) is 64.8 Å². The van der Waals surface area contributed by atoms with E-state index in [2.05, 4.69) is 15.9 Å². The van der Waals surface area contributed by atoms with Crippen molar-refractivity contribution in [2.75, 3.05) is 0 Å². The predicted molar refractivity (Wildman–Crippen MR) is 86.3 cm³/mol. The van der Waals surface area contributed by atoms with Crippen molar-refractivity contribution in [3.8, 4) is 11.5 Å². The van der Waals surface area contributed by atoms with Crippen molar-refractivity contribution in [3.63, 3.8) is 0 Å². The summed E-state index contributed by atoms with van der Waals surface area (Å²) >= 11 is 14.3. The van der Waals surface area contributed by atoms with Crippen LogP contribution in [0.2, 0.25) is 5.02 Å². The number of thiocarbonyl (C=S) groups is 1. The van der Waals surface area contributed by atoms with Gasteiger partial charge in [0.15, 0.2) is 0 Å². The van der Waals surface area contributed by atoms with E-state index in [0.717, 1.165) is 21.3 Å². The molecule has 0 spiro atoms. The minimum Gasteiger partial charge on any atom is -0.456 e. The van der Waals surface area contributed by atoms with E-state index in [0.29, 0.717) is 15.8 Å². The van der Waals surface area contributed by atoms with Crippen molar-refractivity contribution in [1.82, 2.24) is 0 Å². The van der Waals surface area contributed by atoms with Gasteiger partial charge in [-0.3, -0.25) is 0 Å². The van der Waals surface area contributed by atoms with Gasteiger partial charge in [0.2, 0.25) is 0 Å². The lowest BCUT2D eigenvalue weighted by Gasteiger charge is -2.10. The number of hydrogen-bond acceptors (Lipinski definition) is 2. The fourth-order valence-corrected chi connectivity index (χ4v) is 2.65. The third-order valence-electron chi connectivity index (χ3n) is 2.59. The third kappa shape index (κ3) is 3.47. The Morgan fingerprint density at radius 2 is 2.00 bits per heavy atom. The Bertz CT molecular complexity index is 645. The zero-order valence-corrected chi connectivity index (χ0v) is 13.3. The summed E-state index contributed by atoms with van der Waals surface area (Å²) in [6.07, 6.45) is 0. The fraction of sp³-hybridized carbons (Fsp3) is 0.0714. The van der Waals surface area contributed by atoms with Crippen LogP contribution in [-0.2, 0) is 0 Å². The molecule has 2 N–H and O–H groups in total. The van der Waals surface area contributed by atoms with Gasteiger partial charge < -0.3 is 10.5 Å². The Hall–Kier alpha value is -1.10. The van der Waals surface area contributed by atoms with E-state index in [1.165, 1.54) is 0 Å². The molecule has 2 nitrogen and oxygen atoms in total. The van der Waals surface area contributed by atoms with Crippen LogP contribution >= 0.6 is 39.7 Å². The van der Waals surface area contributed by atoms with Crippen LogP contribution in [0, 0.1) is 6.92 Å². The van der Waals surface area contributed by atoms with Gasteiger partial charge in [0.25, 0.3) is 0 Å². The zero-order valence-electron chi connectivity index (χ0n) is 10.1. The average molecular weight is 357 g/mol. The first-order valence-corrected chi connectivity index (χ1v) is 7.08. The molecule has 5 heteroatoms. The smallest absolute Gasteiger partial charge is 0.141 e. The highest BCUT2D eigenvalue weighted by atomic mass is 79.9. The van der Waals surface area contributed by atoms with Gasteiger partial charge >= 0.3 is 0 Å². The lowest BCUT2D eigenvalue weighted by atomic mass is 10.1. The molecular weight excluding hydrogens is 346 g/mol. The lowest BCUT2D eigenvalue weighted by Crippen LogP contribution is -2.10. The highest BCUT2D eigenvalue weighted by molar-refractivity contribution is 9.10. The minimum atomic E-state index is 0.386. The summed E-state index contributed by atoms with van der Waals surface area (Å²) < 4.78 is 6.59. The Balaban J connectivity index is 2.29. The molecule has 2 rings (SSSR count). The topological polar surface area (TPSA) is 35.2 Å². The van der Waals surface area contributed by atoms with Gasteiger partial charge in [-0.1, -0.05) is 23.8 Å². The Morgan fingerprint density at radius 3 is 2.58 bits per heavy atom. The van der Waals surface area contributed by atoms with E-state index in [1.807, 2.05) is 31.2 Å². The van der Waals surface area contributed by atoms with Gasteiger partial charge in [0.05, 0.1) is 4.47 Å². The SMILES string of the molecule is Cc1cc(Oc2ccc(Cl)cc2Br)ccc1C(N)=S. The van der Waals surface area contributed by atoms with Crippen LogP contribution in [-0.4, -0.2) is 4.99 Å². The van der Waals surface area contributed by atoms with Crippen LogP contribution in [0.15, 0.2) is 40.9 Å². The Labute approximate surface area is 130 Å². The second kappa shape index (κ2) is 5.90. The molecule has 0 bridgehead atoms. The van der Waals surface area contributed by atoms with Gasteiger partial charge in [0.1, 0.15) is 16.5 Å². The molecule has 0 fully saturated rings. The molecule has 0 unspecified atom stereocenters. The molecule has 0 aliphatic carbocycles. The number of aryl methyl sites for hydroxylation is 1. The average Bonchev–Trinajstić information content (AvgIpc) is 2.32. The Morgan fingerprint density at radius 1 is 1.26 bits per heavy atom. The van der Waals surface area contributed by atoms with E-state index in [-0.39, 0.29) is 0 Å². The van der Waals surface area contributed by atoms with Crippen LogP contribution in [0.5, 0.6) is 11.5 Å². The molecule has 0 saturated heterocycles. The summed E-state index contributed by atoms with van der Waals surface area (Å²) in [4.78, 5) is 0.386. The minimum absolute atomic E-state index is 0.386. The highest BCUT2D eigenvalue weighted by Gasteiger charge is 2.06. The molecule has 0 aromatic heterocycles. The number of hydrogen-bond donors (Lipinski definition) is 1. The maximum Gasteiger partial charge on any atom is 0.141 e. The quantitative estimate of drug-likeness (QED) is 0.799. The molecule has 19 heavy (non-hydrogen) atoms. The van der Waals surface area contributed by atoms with E-state index >= 15 is 0 Å². The molecule has 0 radical (unpaired) electrons. The van der Waals surface area contributed by atoms with Gasteiger partial charge in [0, 0.05) is 10.6 Å². The molecule has 98 valence electrons. The number of ether oxygens (including phenoxy) is 1. The maximum absolute atomic E-state index is 5.89. The van der Waals surface area contributed by atoms with Crippen LogP contribution in [0.1, 0.15) is 11.1 Å². The van der Waals surface area contributed by atoms with E-state index in [4.69, 9.17) is 34.3 Å². The second-order valence-corrected chi connectivity index (χ2v) is 5.75. The lowest BCUT2D eigenvalue weighted by molar-refractivity contribution is 0.479. The van der Waals surface area contributed by atoms with Crippen molar-refractivity contribution in [3.05, 3.63) is 57.0 Å². The molecule has 0 saturated carbocycles. The number of nitrogens with two attached hydrogens (primary N) is 1. The maximum atomic E-state index is 5.89. The van der Waals surface area contributed by atoms with Crippen molar-refractivity contribution >= 4 is 44.7 Å². The van der Waals surface area contributed by atoms with E-state index in [1.54, 1.807) is 12.1 Å². The van der Waals surface area contributed by atoms with E-state index < -0.39 is 0 Å². The highest BCUT2D eigenvalue weighted by Crippen LogP contribution is 2.32. The fourth-order valence-electron chi connectivity index (χ4n) is 1.66. The normalized spacial score (nSPS) is 10.3. The summed E-state index contributed by atoms with van der Waals surface area (Å²) in [6, 6.07) is 11.0. The first-order chi connectivity index (χ1) is 8.97. The first-order valence-electron chi connectivity index (χ1n) is 5.51. The summed E-state index contributed by atoms with van der Waals surface area (Å²) in [5.74, 6) is 1.42. The predicted octanol–water partition coefficient (Wildman–Crippen LogP) is 4.84. The standard InChI is InChI=1S/C14H11BrClNOS/c1-8-6-10(3-4-11(8)14(17)19)18-13-5-2-9(16)7-12(13)15/h2-7H,1H3,(H2,17,19). The summed E-state index contributed by atoms with van der Waals surface area (Å²) in [7, 11) is 0. The van der Waals surface area contributed by atoms with Crippen molar-refractivity contribution in [1.29, 1.82) is 0 Å². The molecule has 0 atom stereocenters. The van der Waals surface area contributed by atoms with Gasteiger partial charge in [-0.25, -0.2) is 0 Å². The molecule has 2 aromatic rings. The third-order valence-corrected chi connectivity index (χ3v) is 3.66. The number of halogens is 2. The Kier molecular flexibility index (Phi) is 4.45. The summed E-state index contributed by atoms with van der Waals surface area (Å²) in [5.41, 5.74) is 7.47. The number of benzene rings is 2. The second-order valence-electron chi connectivity index (χ2n) is 4.02. The van der Waals surface area contributed by atoms with Crippen molar-refractivity contribution in [2.45, 2.75) is 6.92 Å².